The standard InChI is InChI=1S/C23H24ClFN6O2/c1-26-8-2-10-33-23-20(13-19(30-31-23)17-11-15(24)5-6-18(17)25)28-16-7-9-27-21(12-16)29-22(32)14-3-4-14/h5-7,9,11-14,26H,2-4,8,10H2,1H3,(H2,27,28,29,30,32). The van der Waals surface area contributed by atoms with Gasteiger partial charge in [-0.05, 0) is 63.2 Å². The van der Waals surface area contributed by atoms with E-state index >= 15 is 0 Å². The van der Waals surface area contributed by atoms with Crippen molar-refractivity contribution in [3.63, 3.8) is 0 Å². The molecule has 3 aromatic rings. The number of nitrogens with zero attached hydrogens (tertiary/aromatic N) is 3. The van der Waals surface area contributed by atoms with Gasteiger partial charge in [-0.2, -0.15) is 0 Å². The molecular formula is C23H24ClFN6O2. The van der Waals surface area contributed by atoms with Crippen LogP contribution >= 0.6 is 11.6 Å². The molecule has 10 heteroatoms. The predicted molar refractivity (Wildman–Crippen MR) is 125 cm³/mol. The fraction of sp³-hybridized carbons (Fsp3) is 0.304. The fourth-order valence-corrected chi connectivity index (χ4v) is 3.30. The Balaban J connectivity index is 1.60. The molecule has 33 heavy (non-hydrogen) atoms. The summed E-state index contributed by atoms with van der Waals surface area (Å²) in [6, 6.07) is 9.36. The molecular weight excluding hydrogens is 447 g/mol. The SMILES string of the molecule is CNCCCOc1nnc(-c2cc(Cl)ccc2F)cc1Nc1ccnc(NC(=O)C2CC2)c1. The second-order valence-electron chi connectivity index (χ2n) is 7.70. The molecule has 1 aliphatic rings. The molecule has 3 N–H and O–H groups in total. The molecule has 0 spiro atoms. The molecule has 0 bridgehead atoms. The number of ether oxygens (including phenoxy) is 1. The topological polar surface area (TPSA) is 101 Å². The van der Waals surface area contributed by atoms with E-state index < -0.39 is 5.82 Å². The van der Waals surface area contributed by atoms with Crippen LogP contribution in [0.1, 0.15) is 19.3 Å². The molecule has 0 unspecified atom stereocenters. The van der Waals surface area contributed by atoms with E-state index in [9.17, 15) is 9.18 Å². The zero-order valence-electron chi connectivity index (χ0n) is 18.1. The van der Waals surface area contributed by atoms with E-state index in [0.29, 0.717) is 34.5 Å². The van der Waals surface area contributed by atoms with E-state index in [1.807, 2.05) is 7.05 Å². The molecule has 0 atom stereocenters. The van der Waals surface area contributed by atoms with Crippen molar-refractivity contribution in [2.75, 3.05) is 30.8 Å². The number of rotatable bonds is 10. The molecule has 2 heterocycles. The van der Waals surface area contributed by atoms with Crippen molar-refractivity contribution in [1.82, 2.24) is 20.5 Å². The lowest BCUT2D eigenvalue weighted by molar-refractivity contribution is -0.117. The Morgan fingerprint density at radius 3 is 2.85 bits per heavy atom. The van der Waals surface area contributed by atoms with Crippen LogP contribution in [0.4, 0.5) is 21.6 Å². The molecule has 0 saturated heterocycles. The van der Waals surface area contributed by atoms with Gasteiger partial charge in [0.25, 0.3) is 5.88 Å². The van der Waals surface area contributed by atoms with Crippen molar-refractivity contribution >= 4 is 34.7 Å². The normalized spacial score (nSPS) is 12.9. The van der Waals surface area contributed by atoms with Gasteiger partial charge >= 0.3 is 0 Å². The van der Waals surface area contributed by atoms with Crippen molar-refractivity contribution in [2.24, 2.45) is 5.92 Å². The van der Waals surface area contributed by atoms with Crippen molar-refractivity contribution in [1.29, 1.82) is 0 Å². The average Bonchev–Trinajstić information content (AvgIpc) is 3.65. The third kappa shape index (κ3) is 6.15. The van der Waals surface area contributed by atoms with Crippen LogP contribution in [0.3, 0.4) is 0 Å². The lowest BCUT2D eigenvalue weighted by Crippen LogP contribution is -2.14. The van der Waals surface area contributed by atoms with Gasteiger partial charge < -0.3 is 20.7 Å². The number of halogens is 2. The summed E-state index contributed by atoms with van der Waals surface area (Å²) in [6.45, 7) is 1.21. The first-order valence-electron chi connectivity index (χ1n) is 10.7. The molecule has 0 radical (unpaired) electrons. The largest absolute Gasteiger partial charge is 0.475 e. The number of hydrogen-bond acceptors (Lipinski definition) is 7. The molecule has 2 aromatic heterocycles. The number of carbonyl (C=O) groups is 1. The van der Waals surface area contributed by atoms with Crippen LogP contribution in [-0.4, -0.2) is 41.3 Å². The minimum Gasteiger partial charge on any atom is -0.475 e. The first-order chi connectivity index (χ1) is 16.0. The highest BCUT2D eigenvalue weighted by Gasteiger charge is 2.29. The van der Waals surface area contributed by atoms with Crippen LogP contribution in [0.25, 0.3) is 11.3 Å². The minimum absolute atomic E-state index is 0.0301. The van der Waals surface area contributed by atoms with Gasteiger partial charge in [0.15, 0.2) is 0 Å². The van der Waals surface area contributed by atoms with Crippen LogP contribution in [0, 0.1) is 11.7 Å². The first-order valence-corrected chi connectivity index (χ1v) is 11.1. The first kappa shape index (κ1) is 22.9. The number of aromatic nitrogens is 3. The number of nitrogens with one attached hydrogen (secondary N) is 3. The molecule has 0 aliphatic heterocycles. The monoisotopic (exact) mass is 470 g/mol. The average molecular weight is 471 g/mol. The van der Waals surface area contributed by atoms with Gasteiger partial charge in [-0.3, -0.25) is 4.79 Å². The molecule has 1 aliphatic carbocycles. The van der Waals surface area contributed by atoms with Gasteiger partial charge in [0.05, 0.1) is 12.3 Å². The van der Waals surface area contributed by atoms with E-state index in [1.54, 1.807) is 24.4 Å². The Bertz CT molecular complexity index is 1140. The lowest BCUT2D eigenvalue weighted by atomic mass is 10.1. The predicted octanol–water partition coefficient (Wildman–Crippen LogP) is 4.41. The van der Waals surface area contributed by atoms with Gasteiger partial charge in [0.2, 0.25) is 5.91 Å². The molecule has 1 saturated carbocycles. The maximum atomic E-state index is 14.4. The molecule has 8 nitrogen and oxygen atoms in total. The molecule has 1 fully saturated rings. The number of benzene rings is 1. The van der Waals surface area contributed by atoms with Crippen LogP contribution in [0.2, 0.25) is 5.02 Å². The van der Waals surface area contributed by atoms with Crippen molar-refractivity contribution in [3.8, 4) is 17.1 Å². The van der Waals surface area contributed by atoms with E-state index in [2.05, 4.69) is 31.1 Å². The highest BCUT2D eigenvalue weighted by molar-refractivity contribution is 6.30. The Labute approximate surface area is 195 Å². The second-order valence-corrected chi connectivity index (χ2v) is 8.13. The van der Waals surface area contributed by atoms with Gasteiger partial charge in [0, 0.05) is 34.5 Å². The van der Waals surface area contributed by atoms with Gasteiger partial charge in [0.1, 0.15) is 17.3 Å². The highest BCUT2D eigenvalue weighted by Crippen LogP contribution is 2.33. The summed E-state index contributed by atoms with van der Waals surface area (Å²) in [6.07, 6.45) is 4.17. The van der Waals surface area contributed by atoms with Crippen LogP contribution < -0.4 is 20.7 Å². The summed E-state index contributed by atoms with van der Waals surface area (Å²) in [4.78, 5) is 16.3. The summed E-state index contributed by atoms with van der Waals surface area (Å²) in [5, 5.41) is 17.8. The number of carbonyl (C=O) groups excluding carboxylic acids is 1. The zero-order chi connectivity index (χ0) is 23.2. The Hall–Kier alpha value is -3.30. The summed E-state index contributed by atoms with van der Waals surface area (Å²) >= 11 is 6.05. The van der Waals surface area contributed by atoms with Gasteiger partial charge in [-0.25, -0.2) is 9.37 Å². The Morgan fingerprint density at radius 2 is 2.06 bits per heavy atom. The minimum atomic E-state index is -0.462. The Morgan fingerprint density at radius 1 is 1.21 bits per heavy atom. The third-order valence-corrected chi connectivity index (χ3v) is 5.25. The van der Waals surface area contributed by atoms with E-state index in [4.69, 9.17) is 16.3 Å². The van der Waals surface area contributed by atoms with Crippen molar-refractivity contribution < 1.29 is 13.9 Å². The van der Waals surface area contributed by atoms with Gasteiger partial charge in [-0.15, -0.1) is 10.2 Å². The summed E-state index contributed by atoms with van der Waals surface area (Å²) in [5.41, 5.74) is 1.68. The van der Waals surface area contributed by atoms with Crippen LogP contribution in [-0.2, 0) is 4.79 Å². The van der Waals surface area contributed by atoms with E-state index in [-0.39, 0.29) is 23.3 Å². The van der Waals surface area contributed by atoms with E-state index in [0.717, 1.165) is 25.8 Å². The van der Waals surface area contributed by atoms with Crippen LogP contribution in [0.15, 0.2) is 42.6 Å². The lowest BCUT2D eigenvalue weighted by Gasteiger charge is -2.14. The smallest absolute Gasteiger partial charge is 0.257 e. The summed E-state index contributed by atoms with van der Waals surface area (Å²) < 4.78 is 20.2. The molecule has 172 valence electrons. The van der Waals surface area contributed by atoms with Crippen molar-refractivity contribution in [3.05, 3.63) is 53.4 Å². The third-order valence-electron chi connectivity index (χ3n) is 5.01. The molecule has 4 rings (SSSR count). The summed E-state index contributed by atoms with van der Waals surface area (Å²) in [7, 11) is 1.87. The van der Waals surface area contributed by atoms with E-state index in [1.165, 1.54) is 18.2 Å². The highest BCUT2D eigenvalue weighted by atomic mass is 35.5. The van der Waals surface area contributed by atoms with Crippen molar-refractivity contribution in [2.45, 2.75) is 19.3 Å². The number of anilines is 3. The number of pyridine rings is 1. The molecule has 1 amide bonds. The summed E-state index contributed by atoms with van der Waals surface area (Å²) in [5.74, 6) is 0.295. The fourth-order valence-electron chi connectivity index (χ4n) is 3.13. The maximum absolute atomic E-state index is 14.4. The number of amides is 1. The quantitative estimate of drug-likeness (QED) is 0.377. The second kappa shape index (κ2) is 10.5. The van der Waals surface area contributed by atoms with Crippen LogP contribution in [0.5, 0.6) is 5.88 Å². The number of hydrogen-bond donors (Lipinski definition) is 3. The Kier molecular flexibility index (Phi) is 7.31. The maximum Gasteiger partial charge on any atom is 0.257 e. The van der Waals surface area contributed by atoms with Gasteiger partial charge in [-0.1, -0.05) is 11.6 Å². The zero-order valence-corrected chi connectivity index (χ0v) is 18.8. The molecule has 1 aromatic carbocycles.